The van der Waals surface area contributed by atoms with E-state index in [4.69, 9.17) is 9.94 Å². The minimum atomic E-state index is -1.09. The van der Waals surface area contributed by atoms with Crippen molar-refractivity contribution in [2.24, 2.45) is 0 Å². The van der Waals surface area contributed by atoms with Crippen molar-refractivity contribution in [2.45, 2.75) is 32.6 Å². The molecule has 0 aliphatic heterocycles. The summed E-state index contributed by atoms with van der Waals surface area (Å²) in [5.41, 5.74) is 0.537. The number of hydrogen-bond donors (Lipinski definition) is 1. The summed E-state index contributed by atoms with van der Waals surface area (Å²) >= 11 is 0. The maximum atomic E-state index is 11.0. The summed E-state index contributed by atoms with van der Waals surface area (Å²) in [5.74, 6) is 0. The number of amides is 1. The molecule has 0 saturated heterocycles. The average Bonchev–Trinajstić information content (AvgIpc) is 2.34. The monoisotopic (exact) mass is 237 g/mol. The Morgan fingerprint density at radius 2 is 1.94 bits per heavy atom. The van der Waals surface area contributed by atoms with Gasteiger partial charge in [-0.25, -0.2) is 4.79 Å². The molecule has 0 spiro atoms. The van der Waals surface area contributed by atoms with E-state index in [9.17, 15) is 4.79 Å². The van der Waals surface area contributed by atoms with Crippen LogP contribution in [0.4, 0.5) is 10.5 Å². The standard InChI is InChI=1S/C13H19NO3/c1-2-3-4-8-11-17-14(13(15)16)12-9-6-5-7-10-12/h5-7,9-10H,2-4,8,11H2,1H3,(H,15,16). The van der Waals surface area contributed by atoms with Gasteiger partial charge in [-0.1, -0.05) is 44.4 Å². The van der Waals surface area contributed by atoms with Crippen LogP contribution in [0.3, 0.4) is 0 Å². The first-order chi connectivity index (χ1) is 8.25. The van der Waals surface area contributed by atoms with Gasteiger partial charge in [0.05, 0.1) is 12.3 Å². The zero-order chi connectivity index (χ0) is 12.5. The summed E-state index contributed by atoms with van der Waals surface area (Å²) in [6.45, 7) is 2.57. The summed E-state index contributed by atoms with van der Waals surface area (Å²) in [6, 6.07) is 8.82. The lowest BCUT2D eigenvalue weighted by atomic mass is 10.2. The Morgan fingerprint density at radius 1 is 1.24 bits per heavy atom. The topological polar surface area (TPSA) is 49.8 Å². The zero-order valence-electron chi connectivity index (χ0n) is 10.1. The van der Waals surface area contributed by atoms with E-state index in [2.05, 4.69) is 6.92 Å². The van der Waals surface area contributed by atoms with Crippen molar-refractivity contribution in [3.8, 4) is 0 Å². The van der Waals surface area contributed by atoms with Crippen LogP contribution in [-0.4, -0.2) is 17.8 Å². The highest BCUT2D eigenvalue weighted by Crippen LogP contribution is 2.14. The lowest BCUT2D eigenvalue weighted by Crippen LogP contribution is -2.29. The van der Waals surface area contributed by atoms with Crippen LogP contribution in [0, 0.1) is 0 Å². The second-order valence-electron chi connectivity index (χ2n) is 3.81. The highest BCUT2D eigenvalue weighted by atomic mass is 16.7. The van der Waals surface area contributed by atoms with Crippen LogP contribution in [-0.2, 0) is 4.84 Å². The normalized spacial score (nSPS) is 10.2. The van der Waals surface area contributed by atoms with Crippen LogP contribution in [0.5, 0.6) is 0 Å². The van der Waals surface area contributed by atoms with Crippen molar-refractivity contribution in [3.63, 3.8) is 0 Å². The van der Waals surface area contributed by atoms with Gasteiger partial charge in [0.25, 0.3) is 0 Å². The molecule has 0 heterocycles. The lowest BCUT2D eigenvalue weighted by molar-refractivity contribution is 0.0923. The van der Waals surface area contributed by atoms with E-state index < -0.39 is 6.09 Å². The number of hydroxylamine groups is 1. The van der Waals surface area contributed by atoms with E-state index in [1.807, 2.05) is 6.07 Å². The van der Waals surface area contributed by atoms with Crippen LogP contribution in [0.1, 0.15) is 32.6 Å². The Hall–Kier alpha value is -1.55. The Balaban J connectivity index is 2.42. The van der Waals surface area contributed by atoms with Crippen molar-refractivity contribution in [2.75, 3.05) is 11.7 Å². The molecule has 0 aliphatic carbocycles. The quantitative estimate of drug-likeness (QED) is 0.581. The second kappa shape index (κ2) is 7.68. The number of carboxylic acid groups (broad SMARTS) is 1. The highest BCUT2D eigenvalue weighted by Gasteiger charge is 2.14. The first-order valence-corrected chi connectivity index (χ1v) is 5.96. The third-order valence-corrected chi connectivity index (χ3v) is 2.38. The van der Waals surface area contributed by atoms with Crippen molar-refractivity contribution < 1.29 is 14.7 Å². The molecule has 0 unspecified atom stereocenters. The largest absolute Gasteiger partial charge is 0.463 e. The summed E-state index contributed by atoms with van der Waals surface area (Å²) < 4.78 is 0. The first kappa shape index (κ1) is 13.5. The third kappa shape index (κ3) is 4.87. The smallest absolute Gasteiger partial charge is 0.436 e. The van der Waals surface area contributed by atoms with Gasteiger partial charge in [-0.05, 0) is 18.6 Å². The highest BCUT2D eigenvalue weighted by molar-refractivity contribution is 5.83. The SMILES string of the molecule is CCCCCCON(C(=O)O)c1ccccc1. The maximum Gasteiger partial charge on any atom is 0.436 e. The molecule has 0 aromatic heterocycles. The van der Waals surface area contributed by atoms with Crippen LogP contribution in [0.15, 0.2) is 30.3 Å². The fourth-order valence-electron chi connectivity index (χ4n) is 1.49. The van der Waals surface area contributed by atoms with Gasteiger partial charge in [-0.3, -0.25) is 4.84 Å². The Bertz CT molecular complexity index is 327. The average molecular weight is 237 g/mol. The number of hydrogen-bond acceptors (Lipinski definition) is 2. The number of para-hydroxylation sites is 1. The van der Waals surface area contributed by atoms with Gasteiger partial charge in [-0.15, -0.1) is 0 Å². The third-order valence-electron chi connectivity index (χ3n) is 2.38. The van der Waals surface area contributed by atoms with E-state index in [1.165, 1.54) is 0 Å². The van der Waals surface area contributed by atoms with Crippen molar-refractivity contribution >= 4 is 11.8 Å². The zero-order valence-corrected chi connectivity index (χ0v) is 10.1. The molecule has 0 saturated carbocycles. The molecule has 0 fully saturated rings. The van der Waals surface area contributed by atoms with Crippen LogP contribution in [0.25, 0.3) is 0 Å². The van der Waals surface area contributed by atoms with E-state index in [0.29, 0.717) is 12.3 Å². The molecule has 17 heavy (non-hydrogen) atoms. The van der Waals surface area contributed by atoms with Gasteiger partial charge in [-0.2, -0.15) is 5.06 Å². The predicted octanol–water partition coefficient (Wildman–Crippen LogP) is 3.68. The molecule has 1 rings (SSSR count). The molecular formula is C13H19NO3. The minimum Gasteiger partial charge on any atom is -0.463 e. The van der Waals surface area contributed by atoms with E-state index in [0.717, 1.165) is 30.7 Å². The van der Waals surface area contributed by atoms with Gasteiger partial charge in [0.15, 0.2) is 0 Å². The van der Waals surface area contributed by atoms with Gasteiger partial charge in [0.1, 0.15) is 0 Å². The van der Waals surface area contributed by atoms with Gasteiger partial charge >= 0.3 is 6.09 Å². The molecule has 94 valence electrons. The molecule has 0 aliphatic rings. The molecule has 0 radical (unpaired) electrons. The number of unbranched alkanes of at least 4 members (excludes halogenated alkanes) is 3. The Kier molecular flexibility index (Phi) is 6.10. The summed E-state index contributed by atoms with van der Waals surface area (Å²) in [6.07, 6.45) is 3.17. The van der Waals surface area contributed by atoms with Crippen molar-refractivity contribution in [3.05, 3.63) is 30.3 Å². The number of nitrogens with zero attached hydrogens (tertiary/aromatic N) is 1. The molecule has 4 heteroatoms. The van der Waals surface area contributed by atoms with E-state index in [-0.39, 0.29) is 0 Å². The van der Waals surface area contributed by atoms with Crippen LogP contribution in [0.2, 0.25) is 0 Å². The number of rotatable bonds is 7. The van der Waals surface area contributed by atoms with Gasteiger partial charge in [0.2, 0.25) is 0 Å². The molecule has 0 atom stereocenters. The minimum absolute atomic E-state index is 0.432. The number of carbonyl (C=O) groups is 1. The molecule has 1 amide bonds. The van der Waals surface area contributed by atoms with Gasteiger partial charge < -0.3 is 5.11 Å². The van der Waals surface area contributed by atoms with Crippen molar-refractivity contribution in [1.82, 2.24) is 0 Å². The summed E-state index contributed by atoms with van der Waals surface area (Å²) in [7, 11) is 0. The molecule has 4 nitrogen and oxygen atoms in total. The van der Waals surface area contributed by atoms with E-state index in [1.54, 1.807) is 24.3 Å². The molecular weight excluding hydrogens is 218 g/mol. The Morgan fingerprint density at radius 3 is 2.53 bits per heavy atom. The summed E-state index contributed by atoms with van der Waals surface area (Å²) in [5, 5.41) is 9.95. The van der Waals surface area contributed by atoms with E-state index >= 15 is 0 Å². The van der Waals surface area contributed by atoms with Gasteiger partial charge in [0, 0.05) is 0 Å². The number of benzene rings is 1. The Labute approximate surface area is 102 Å². The maximum absolute atomic E-state index is 11.0. The van der Waals surface area contributed by atoms with Crippen molar-refractivity contribution in [1.29, 1.82) is 0 Å². The lowest BCUT2D eigenvalue weighted by Gasteiger charge is -2.18. The first-order valence-electron chi connectivity index (χ1n) is 5.96. The second-order valence-corrected chi connectivity index (χ2v) is 3.81. The molecule has 1 N–H and O–H groups in total. The van der Waals surface area contributed by atoms with Crippen LogP contribution >= 0.6 is 0 Å². The fourth-order valence-corrected chi connectivity index (χ4v) is 1.49. The molecule has 1 aromatic carbocycles. The van der Waals surface area contributed by atoms with Crippen LogP contribution < -0.4 is 5.06 Å². The molecule has 0 bridgehead atoms. The number of anilines is 1. The fraction of sp³-hybridized carbons (Fsp3) is 0.462. The summed E-state index contributed by atoms with van der Waals surface area (Å²) in [4.78, 5) is 16.3. The molecule has 1 aromatic rings. The predicted molar refractivity (Wildman–Crippen MR) is 67.0 cm³/mol.